The molecule has 0 heterocycles. The van der Waals surface area contributed by atoms with Gasteiger partial charge in [0.05, 0.1) is 6.10 Å². The van der Waals surface area contributed by atoms with Crippen LogP contribution in [0.3, 0.4) is 0 Å². The lowest BCUT2D eigenvalue weighted by molar-refractivity contribution is -0.162. The highest BCUT2D eigenvalue weighted by atomic mass is 16.4. The second kappa shape index (κ2) is 10.1. The van der Waals surface area contributed by atoms with Crippen molar-refractivity contribution in [3.63, 3.8) is 0 Å². The minimum absolute atomic E-state index is 0.126. The van der Waals surface area contributed by atoms with E-state index in [1.807, 2.05) is 0 Å². The fourth-order valence-corrected chi connectivity index (χ4v) is 1.82. The first-order valence-corrected chi connectivity index (χ1v) is 7.09. The van der Waals surface area contributed by atoms with Gasteiger partial charge in [-0.15, -0.1) is 0 Å². The summed E-state index contributed by atoms with van der Waals surface area (Å²) >= 11 is 0. The summed E-state index contributed by atoms with van der Waals surface area (Å²) in [6.07, 6.45) is -7.74. The Morgan fingerprint density at radius 1 is 1.04 bits per heavy atom. The molecular weight excluding hydrogens is 312 g/mol. The van der Waals surface area contributed by atoms with Gasteiger partial charge in [-0.3, -0.25) is 9.59 Å². The summed E-state index contributed by atoms with van der Waals surface area (Å²) in [6.45, 7) is 1.25. The summed E-state index contributed by atoms with van der Waals surface area (Å²) in [6, 6.07) is 0. The smallest absolute Gasteiger partial charge is 0.335 e. The van der Waals surface area contributed by atoms with E-state index in [1.165, 1.54) is 7.05 Å². The SMILES string of the molecule is CC[C@@H](CC(=O)NC[C@H](O)[C@@H](O)[C@H](O)[C@H](O)C(=O)O)C(=O)NC. The Morgan fingerprint density at radius 3 is 2.04 bits per heavy atom. The number of nitrogens with one attached hydrogen (secondary N) is 2. The van der Waals surface area contributed by atoms with Crippen LogP contribution in [0.2, 0.25) is 0 Å². The molecule has 2 amide bonds. The standard InChI is InChI=1S/C13H24N2O8/c1-3-6(12(21)14-2)4-8(17)15-5-7(16)9(18)10(19)11(20)13(22)23/h6-7,9-11,16,18-20H,3-5H2,1-2H3,(H,14,21)(H,15,17)(H,22,23)/t6-,7-,9+,10-,11-/m0/s1. The molecule has 10 heteroatoms. The van der Waals surface area contributed by atoms with E-state index >= 15 is 0 Å². The predicted molar refractivity (Wildman–Crippen MR) is 77.1 cm³/mol. The van der Waals surface area contributed by atoms with Gasteiger partial charge in [0.25, 0.3) is 0 Å². The van der Waals surface area contributed by atoms with Crippen molar-refractivity contribution < 1.29 is 39.9 Å². The van der Waals surface area contributed by atoms with E-state index in [-0.39, 0.29) is 12.3 Å². The molecule has 0 spiro atoms. The van der Waals surface area contributed by atoms with E-state index < -0.39 is 48.8 Å². The third-order valence-electron chi connectivity index (χ3n) is 3.37. The van der Waals surface area contributed by atoms with Gasteiger partial charge in [0.2, 0.25) is 11.8 Å². The maximum absolute atomic E-state index is 11.7. The first-order chi connectivity index (χ1) is 10.6. The largest absolute Gasteiger partial charge is 0.479 e. The molecule has 0 fully saturated rings. The normalized spacial score (nSPS) is 17.5. The summed E-state index contributed by atoms with van der Waals surface area (Å²) < 4.78 is 0. The minimum Gasteiger partial charge on any atom is -0.479 e. The number of aliphatic hydroxyl groups excluding tert-OH is 4. The summed E-state index contributed by atoms with van der Waals surface area (Å²) in [5, 5.41) is 50.8. The van der Waals surface area contributed by atoms with Crippen LogP contribution in [0.25, 0.3) is 0 Å². The van der Waals surface area contributed by atoms with Gasteiger partial charge >= 0.3 is 5.97 Å². The van der Waals surface area contributed by atoms with Crippen LogP contribution < -0.4 is 10.6 Å². The van der Waals surface area contributed by atoms with Crippen molar-refractivity contribution in [2.24, 2.45) is 5.92 Å². The number of amides is 2. The van der Waals surface area contributed by atoms with E-state index in [4.69, 9.17) is 10.2 Å². The lowest BCUT2D eigenvalue weighted by Crippen LogP contribution is -2.51. The molecular formula is C13H24N2O8. The number of rotatable bonds is 10. The van der Waals surface area contributed by atoms with Crippen molar-refractivity contribution in [1.82, 2.24) is 10.6 Å². The lowest BCUT2D eigenvalue weighted by atomic mass is 10.0. The average Bonchev–Trinajstić information content (AvgIpc) is 2.54. The maximum atomic E-state index is 11.7. The Bertz CT molecular complexity index is 417. The van der Waals surface area contributed by atoms with Gasteiger partial charge in [-0.2, -0.15) is 0 Å². The number of aliphatic carboxylic acids is 1. The molecule has 0 aliphatic carbocycles. The van der Waals surface area contributed by atoms with Crippen LogP contribution in [-0.2, 0) is 14.4 Å². The van der Waals surface area contributed by atoms with Crippen molar-refractivity contribution in [1.29, 1.82) is 0 Å². The zero-order valence-electron chi connectivity index (χ0n) is 13.0. The number of carbonyl (C=O) groups is 3. The quantitative estimate of drug-likeness (QED) is 0.218. The molecule has 0 rings (SSSR count). The Hall–Kier alpha value is -1.75. The van der Waals surface area contributed by atoms with E-state index in [9.17, 15) is 29.7 Å². The first kappa shape index (κ1) is 21.2. The number of carboxylic acids is 1. The predicted octanol–water partition coefficient (Wildman–Crippen LogP) is -3.21. The Kier molecular flexibility index (Phi) is 9.34. The van der Waals surface area contributed by atoms with Crippen LogP contribution in [0, 0.1) is 5.92 Å². The molecule has 0 aromatic rings. The van der Waals surface area contributed by atoms with Gasteiger partial charge in [-0.1, -0.05) is 6.92 Å². The first-order valence-electron chi connectivity index (χ1n) is 7.09. The van der Waals surface area contributed by atoms with Gasteiger partial charge in [0.15, 0.2) is 6.10 Å². The third kappa shape index (κ3) is 6.91. The Morgan fingerprint density at radius 2 is 1.61 bits per heavy atom. The molecule has 0 aromatic heterocycles. The molecule has 0 saturated carbocycles. The van der Waals surface area contributed by atoms with Crippen molar-refractivity contribution in [3.05, 3.63) is 0 Å². The molecule has 0 radical (unpaired) electrons. The topological polar surface area (TPSA) is 176 Å². The number of hydrogen-bond acceptors (Lipinski definition) is 7. The number of carboxylic acid groups (broad SMARTS) is 1. The molecule has 0 unspecified atom stereocenters. The van der Waals surface area contributed by atoms with Crippen molar-refractivity contribution in [2.75, 3.05) is 13.6 Å². The second-order valence-corrected chi connectivity index (χ2v) is 5.06. The van der Waals surface area contributed by atoms with E-state index in [2.05, 4.69) is 10.6 Å². The average molecular weight is 336 g/mol. The molecule has 0 aliphatic heterocycles. The minimum atomic E-state index is -2.27. The van der Waals surface area contributed by atoms with Crippen LogP contribution in [-0.4, -0.2) is 81.3 Å². The van der Waals surface area contributed by atoms with Gasteiger partial charge in [0.1, 0.15) is 12.2 Å². The molecule has 10 nitrogen and oxygen atoms in total. The maximum Gasteiger partial charge on any atom is 0.335 e. The summed E-state index contributed by atoms with van der Waals surface area (Å²) in [4.78, 5) is 33.6. The highest BCUT2D eigenvalue weighted by Crippen LogP contribution is 2.09. The van der Waals surface area contributed by atoms with E-state index in [0.29, 0.717) is 6.42 Å². The van der Waals surface area contributed by atoms with Crippen LogP contribution in [0.1, 0.15) is 19.8 Å². The van der Waals surface area contributed by atoms with Crippen molar-refractivity contribution in [3.8, 4) is 0 Å². The van der Waals surface area contributed by atoms with Gasteiger partial charge in [0, 0.05) is 25.9 Å². The molecule has 7 N–H and O–H groups in total. The summed E-state index contributed by atoms with van der Waals surface area (Å²) in [5.74, 6) is -3.16. The molecule has 0 aliphatic rings. The van der Waals surface area contributed by atoms with Crippen LogP contribution in [0.4, 0.5) is 0 Å². The van der Waals surface area contributed by atoms with Crippen LogP contribution in [0.5, 0.6) is 0 Å². The van der Waals surface area contributed by atoms with E-state index in [1.54, 1.807) is 6.92 Å². The number of hydrogen-bond donors (Lipinski definition) is 7. The molecule has 134 valence electrons. The second-order valence-electron chi connectivity index (χ2n) is 5.06. The van der Waals surface area contributed by atoms with E-state index in [0.717, 1.165) is 0 Å². The summed E-state index contributed by atoms with van der Waals surface area (Å²) in [5.41, 5.74) is 0. The zero-order chi connectivity index (χ0) is 18.2. The fraction of sp³-hybridized carbons (Fsp3) is 0.769. The molecule has 0 aromatic carbocycles. The van der Waals surface area contributed by atoms with Gasteiger partial charge in [-0.05, 0) is 6.42 Å². The Balaban J connectivity index is 4.41. The molecule has 0 bridgehead atoms. The Labute approximate surface area is 133 Å². The molecule has 0 saturated heterocycles. The van der Waals surface area contributed by atoms with Crippen molar-refractivity contribution >= 4 is 17.8 Å². The number of carbonyl (C=O) groups excluding carboxylic acids is 2. The van der Waals surface area contributed by atoms with Gasteiger partial charge in [-0.25, -0.2) is 4.79 Å². The highest BCUT2D eigenvalue weighted by Gasteiger charge is 2.34. The third-order valence-corrected chi connectivity index (χ3v) is 3.37. The molecule has 5 atom stereocenters. The molecule has 23 heavy (non-hydrogen) atoms. The number of aliphatic hydroxyl groups is 4. The highest BCUT2D eigenvalue weighted by molar-refractivity contribution is 5.85. The fourth-order valence-electron chi connectivity index (χ4n) is 1.82. The monoisotopic (exact) mass is 336 g/mol. The zero-order valence-corrected chi connectivity index (χ0v) is 13.0. The summed E-state index contributed by atoms with van der Waals surface area (Å²) in [7, 11) is 1.44. The van der Waals surface area contributed by atoms with Gasteiger partial charge < -0.3 is 36.2 Å². The van der Waals surface area contributed by atoms with Crippen LogP contribution in [0.15, 0.2) is 0 Å². The van der Waals surface area contributed by atoms with Crippen LogP contribution >= 0.6 is 0 Å². The lowest BCUT2D eigenvalue weighted by Gasteiger charge is -2.25. The van der Waals surface area contributed by atoms with Crippen molar-refractivity contribution in [2.45, 2.75) is 44.2 Å².